The second kappa shape index (κ2) is 12.5. The van der Waals surface area contributed by atoms with Crippen molar-refractivity contribution in [1.82, 2.24) is 0 Å². The molecule has 3 nitrogen and oxygen atoms in total. The Morgan fingerprint density at radius 3 is 1.65 bits per heavy atom. The summed E-state index contributed by atoms with van der Waals surface area (Å²) >= 11 is 0. The van der Waals surface area contributed by atoms with E-state index in [1.54, 1.807) is 0 Å². The second-order valence-electron chi connectivity index (χ2n) is 18.7. The van der Waals surface area contributed by atoms with Crippen molar-refractivity contribution in [3.05, 3.63) is 180 Å². The smallest absolute Gasteiger partial charge is 0.252 e. The third kappa shape index (κ3) is 5.41. The first kappa shape index (κ1) is 35.4. The van der Waals surface area contributed by atoms with Gasteiger partial charge in [0.25, 0.3) is 6.71 Å². The molecule has 3 heterocycles. The van der Waals surface area contributed by atoms with Crippen LogP contribution < -0.4 is 31.1 Å². The highest BCUT2D eigenvalue weighted by Crippen LogP contribution is 2.55. The fraction of sp³-hybridized carbons (Fsp3) is 0.208. The van der Waals surface area contributed by atoms with Crippen molar-refractivity contribution in [2.45, 2.75) is 71.6 Å². The summed E-state index contributed by atoms with van der Waals surface area (Å²) < 4.78 is 0. The van der Waals surface area contributed by atoms with Crippen molar-refractivity contribution in [3.63, 3.8) is 0 Å². The van der Waals surface area contributed by atoms with Crippen LogP contribution in [0.1, 0.15) is 77.6 Å². The molecule has 0 spiro atoms. The summed E-state index contributed by atoms with van der Waals surface area (Å²) in [5.74, 6) is 0. The molecule has 3 aliphatic heterocycles. The van der Waals surface area contributed by atoms with Gasteiger partial charge in [-0.25, -0.2) is 0 Å². The highest BCUT2D eigenvalue weighted by atomic mass is 15.2. The van der Waals surface area contributed by atoms with E-state index < -0.39 is 0 Å². The minimum Gasteiger partial charge on any atom is -0.311 e. The zero-order chi connectivity index (χ0) is 39.4. The molecule has 7 aromatic carbocycles. The van der Waals surface area contributed by atoms with Gasteiger partial charge in [-0.15, -0.1) is 0 Å². The van der Waals surface area contributed by atoms with Gasteiger partial charge >= 0.3 is 0 Å². The minimum absolute atomic E-state index is 0.00913. The topological polar surface area (TPSA) is 9.72 Å². The molecule has 3 aliphatic rings. The van der Waals surface area contributed by atoms with E-state index in [1.165, 1.54) is 67.1 Å². The van der Waals surface area contributed by atoms with Crippen molar-refractivity contribution in [2.75, 3.05) is 14.7 Å². The van der Waals surface area contributed by atoms with Crippen LogP contribution in [-0.4, -0.2) is 6.71 Å². The summed E-state index contributed by atoms with van der Waals surface area (Å²) in [6.07, 6.45) is 0. The van der Waals surface area contributed by atoms with Gasteiger partial charge in [0.1, 0.15) is 0 Å². The Bertz CT molecular complexity index is 2640. The maximum Gasteiger partial charge on any atom is 0.252 e. The van der Waals surface area contributed by atoms with Gasteiger partial charge in [0, 0.05) is 45.2 Å². The van der Waals surface area contributed by atoms with Crippen molar-refractivity contribution in [3.8, 4) is 0 Å². The fourth-order valence-electron chi connectivity index (χ4n) is 9.72. The number of anilines is 9. The van der Waals surface area contributed by atoms with E-state index in [0.29, 0.717) is 0 Å². The van der Waals surface area contributed by atoms with Crippen molar-refractivity contribution < 1.29 is 0 Å². The van der Waals surface area contributed by atoms with E-state index in [4.69, 9.17) is 0 Å². The lowest BCUT2D eigenvalue weighted by molar-refractivity contribution is 0.590. The SMILES string of the molecule is CC(C)(C)c1ccc(N2c3ccc(C(C)(C)C)cc3B3c4cccc5c4N(c4ccccc4C5(C)C)c4cc(N(c5ccccc5)c5ccccc5)cc2c43)cc1. The predicted octanol–water partition coefficient (Wildman–Crippen LogP) is 12.5. The maximum absolute atomic E-state index is 2.61. The van der Waals surface area contributed by atoms with E-state index in [9.17, 15) is 0 Å². The molecule has 10 rings (SSSR count). The summed E-state index contributed by atoms with van der Waals surface area (Å²) in [6, 6.07) is 59.3. The van der Waals surface area contributed by atoms with Crippen LogP contribution >= 0.6 is 0 Å². The molecule has 57 heavy (non-hydrogen) atoms. The first-order valence-corrected chi connectivity index (χ1v) is 20.5. The molecule has 0 radical (unpaired) electrons. The highest BCUT2D eigenvalue weighted by Gasteiger charge is 2.48. The molecule has 0 amide bonds. The Morgan fingerprint density at radius 2 is 1.02 bits per heavy atom. The van der Waals surface area contributed by atoms with Gasteiger partial charge < -0.3 is 14.7 Å². The van der Waals surface area contributed by atoms with E-state index in [1.807, 2.05) is 0 Å². The summed E-state index contributed by atoms with van der Waals surface area (Å²) in [4.78, 5) is 7.58. The van der Waals surface area contributed by atoms with Gasteiger partial charge in [0.15, 0.2) is 0 Å². The summed E-state index contributed by atoms with van der Waals surface area (Å²) in [5.41, 5.74) is 20.1. The number of hydrogen-bond donors (Lipinski definition) is 0. The standard InChI is InChI=1S/C53H50BN3/c1-51(2,3)35-26-29-39(30-27-35)56-46-31-28-36(52(4,5)6)32-44(46)54-43-24-17-23-42-50(43)57(45-25-16-15-22-41(45)53(42,7)8)48-34-40(33-47(56)49(48)54)55(37-18-11-9-12-19-37)38-20-13-10-14-21-38/h9-34H,1-8H3. The number of hydrogen-bond acceptors (Lipinski definition) is 3. The normalized spacial score (nSPS) is 14.7. The molecule has 0 bridgehead atoms. The van der Waals surface area contributed by atoms with Crippen molar-refractivity contribution in [1.29, 1.82) is 0 Å². The van der Waals surface area contributed by atoms with E-state index >= 15 is 0 Å². The molecular formula is C53H50BN3. The van der Waals surface area contributed by atoms with Crippen molar-refractivity contribution >= 4 is 74.3 Å². The monoisotopic (exact) mass is 739 g/mol. The minimum atomic E-state index is -0.178. The Balaban J connectivity index is 1.35. The van der Waals surface area contributed by atoms with E-state index in [-0.39, 0.29) is 23.0 Å². The molecule has 0 unspecified atom stereocenters. The van der Waals surface area contributed by atoms with Gasteiger partial charge in [0.2, 0.25) is 0 Å². The predicted molar refractivity (Wildman–Crippen MR) is 245 cm³/mol. The average Bonchev–Trinajstić information content (AvgIpc) is 3.20. The lowest BCUT2D eigenvalue weighted by Crippen LogP contribution is -2.62. The number of benzene rings is 7. The van der Waals surface area contributed by atoms with Gasteiger partial charge in [-0.1, -0.05) is 152 Å². The average molecular weight is 740 g/mol. The highest BCUT2D eigenvalue weighted by molar-refractivity contribution is 7.00. The third-order valence-electron chi connectivity index (χ3n) is 12.7. The largest absolute Gasteiger partial charge is 0.311 e. The molecule has 0 atom stereocenters. The zero-order valence-corrected chi connectivity index (χ0v) is 34.4. The van der Waals surface area contributed by atoms with Crippen LogP contribution in [0.15, 0.2) is 158 Å². The van der Waals surface area contributed by atoms with Gasteiger partial charge in [0.05, 0.1) is 11.4 Å². The molecule has 4 heteroatoms. The Hall–Kier alpha value is -6.00. The second-order valence-corrected chi connectivity index (χ2v) is 18.7. The summed E-state index contributed by atoms with van der Waals surface area (Å²) in [7, 11) is 0. The molecule has 0 fully saturated rings. The van der Waals surface area contributed by atoms with Crippen molar-refractivity contribution in [2.24, 2.45) is 0 Å². The molecule has 0 saturated heterocycles. The van der Waals surface area contributed by atoms with Crippen LogP contribution in [0.3, 0.4) is 0 Å². The van der Waals surface area contributed by atoms with Crippen LogP contribution in [0.2, 0.25) is 0 Å². The number of rotatable bonds is 4. The number of fused-ring (bicyclic) bond motifs is 6. The van der Waals surface area contributed by atoms with Gasteiger partial charge in [-0.3, -0.25) is 0 Å². The molecule has 0 N–H and O–H groups in total. The fourth-order valence-corrected chi connectivity index (χ4v) is 9.72. The van der Waals surface area contributed by atoms with Crippen LogP contribution in [0.5, 0.6) is 0 Å². The first-order chi connectivity index (χ1) is 27.3. The molecule has 7 aromatic rings. The van der Waals surface area contributed by atoms with Crippen LogP contribution in [0.4, 0.5) is 51.2 Å². The van der Waals surface area contributed by atoms with Crippen LogP contribution in [0, 0.1) is 0 Å². The van der Waals surface area contributed by atoms with Crippen LogP contribution in [0.25, 0.3) is 0 Å². The molecule has 0 saturated carbocycles. The molecule has 0 aromatic heterocycles. The number of para-hydroxylation sites is 4. The number of nitrogens with zero attached hydrogens (tertiary/aromatic N) is 3. The Kier molecular flexibility index (Phi) is 7.77. The lowest BCUT2D eigenvalue weighted by Gasteiger charge is -2.50. The van der Waals surface area contributed by atoms with E-state index in [0.717, 1.165) is 22.7 Å². The van der Waals surface area contributed by atoms with Gasteiger partial charge in [-0.05, 0) is 110 Å². The molecular weight excluding hydrogens is 689 g/mol. The maximum atomic E-state index is 2.61. The Labute approximate surface area is 339 Å². The third-order valence-corrected chi connectivity index (χ3v) is 12.7. The lowest BCUT2D eigenvalue weighted by atomic mass is 9.33. The first-order valence-electron chi connectivity index (χ1n) is 20.5. The van der Waals surface area contributed by atoms with Crippen LogP contribution in [-0.2, 0) is 16.2 Å². The van der Waals surface area contributed by atoms with E-state index in [2.05, 4.69) is 228 Å². The zero-order valence-electron chi connectivity index (χ0n) is 34.4. The summed E-state index contributed by atoms with van der Waals surface area (Å²) in [5, 5.41) is 0. The molecule has 0 aliphatic carbocycles. The summed E-state index contributed by atoms with van der Waals surface area (Å²) in [6.45, 7) is 18.7. The Morgan fingerprint density at radius 1 is 0.456 bits per heavy atom. The molecule has 280 valence electrons. The quantitative estimate of drug-likeness (QED) is 0.166. The van der Waals surface area contributed by atoms with Gasteiger partial charge in [-0.2, -0.15) is 0 Å².